The normalized spacial score (nSPS) is 23.7. The van der Waals surface area contributed by atoms with Gasteiger partial charge in [0.15, 0.2) is 0 Å². The molecule has 5 heteroatoms. The van der Waals surface area contributed by atoms with Gasteiger partial charge in [-0.05, 0) is 37.8 Å². The Morgan fingerprint density at radius 1 is 1.39 bits per heavy atom. The number of anilines is 1. The van der Waals surface area contributed by atoms with Crippen molar-refractivity contribution in [1.29, 1.82) is 0 Å². The highest BCUT2D eigenvalue weighted by Gasteiger charge is 2.23. The molecule has 0 aliphatic heterocycles. The number of aromatic nitrogens is 1. The zero-order valence-electron chi connectivity index (χ0n) is 10.7. The fraction of sp³-hybridized carbons (Fsp3) is 0.538. The first-order valence-corrected chi connectivity index (χ1v) is 6.32. The molecule has 98 valence electrons. The Balaban J connectivity index is 2.10. The van der Waals surface area contributed by atoms with Crippen molar-refractivity contribution in [1.82, 2.24) is 4.98 Å². The molecule has 1 aliphatic rings. The fourth-order valence-electron chi connectivity index (χ4n) is 2.44. The SMILES string of the molecule is CN(c1cc(C(N)=O)ccn1)C1CCC(N)CC1. The average molecular weight is 248 g/mol. The molecule has 0 radical (unpaired) electrons. The Morgan fingerprint density at radius 3 is 2.67 bits per heavy atom. The lowest BCUT2D eigenvalue weighted by Crippen LogP contribution is -2.39. The zero-order chi connectivity index (χ0) is 13.1. The van der Waals surface area contributed by atoms with Crippen molar-refractivity contribution in [3.05, 3.63) is 23.9 Å². The van der Waals surface area contributed by atoms with Gasteiger partial charge in [-0.3, -0.25) is 4.79 Å². The summed E-state index contributed by atoms with van der Waals surface area (Å²) in [6.07, 6.45) is 5.86. The minimum absolute atomic E-state index is 0.333. The lowest BCUT2D eigenvalue weighted by molar-refractivity contribution is 0.1000. The minimum Gasteiger partial charge on any atom is -0.366 e. The Morgan fingerprint density at radius 2 is 2.06 bits per heavy atom. The maximum atomic E-state index is 11.2. The number of primary amides is 1. The molecule has 0 unspecified atom stereocenters. The van der Waals surface area contributed by atoms with Gasteiger partial charge in [-0.25, -0.2) is 4.98 Å². The molecule has 0 bridgehead atoms. The maximum Gasteiger partial charge on any atom is 0.248 e. The first-order chi connectivity index (χ1) is 8.58. The van der Waals surface area contributed by atoms with Crippen LogP contribution in [0.1, 0.15) is 36.0 Å². The van der Waals surface area contributed by atoms with Gasteiger partial charge in [-0.2, -0.15) is 0 Å². The molecule has 1 aliphatic carbocycles. The van der Waals surface area contributed by atoms with Crippen LogP contribution in [-0.4, -0.2) is 30.0 Å². The summed E-state index contributed by atoms with van der Waals surface area (Å²) in [6.45, 7) is 0. The van der Waals surface area contributed by atoms with E-state index in [2.05, 4.69) is 9.88 Å². The van der Waals surface area contributed by atoms with Crippen LogP contribution in [0.3, 0.4) is 0 Å². The molecular formula is C13H20N4O. The summed E-state index contributed by atoms with van der Waals surface area (Å²) in [7, 11) is 2.01. The van der Waals surface area contributed by atoms with Gasteiger partial charge in [0.1, 0.15) is 5.82 Å². The quantitative estimate of drug-likeness (QED) is 0.831. The largest absolute Gasteiger partial charge is 0.366 e. The van der Waals surface area contributed by atoms with E-state index in [1.165, 1.54) is 0 Å². The second-order valence-corrected chi connectivity index (χ2v) is 4.95. The second kappa shape index (κ2) is 5.35. The van der Waals surface area contributed by atoms with Crippen molar-refractivity contribution in [3.63, 3.8) is 0 Å². The Hall–Kier alpha value is -1.62. The summed E-state index contributed by atoms with van der Waals surface area (Å²) >= 11 is 0. The molecule has 18 heavy (non-hydrogen) atoms. The molecule has 0 aromatic carbocycles. The summed E-state index contributed by atoms with van der Waals surface area (Å²) < 4.78 is 0. The number of pyridine rings is 1. The van der Waals surface area contributed by atoms with E-state index in [9.17, 15) is 4.79 Å². The molecule has 1 heterocycles. The monoisotopic (exact) mass is 248 g/mol. The zero-order valence-corrected chi connectivity index (χ0v) is 10.7. The van der Waals surface area contributed by atoms with Crippen molar-refractivity contribution in [2.24, 2.45) is 11.5 Å². The maximum absolute atomic E-state index is 11.2. The average Bonchev–Trinajstić information content (AvgIpc) is 2.39. The van der Waals surface area contributed by atoms with Crippen LogP contribution in [-0.2, 0) is 0 Å². The second-order valence-electron chi connectivity index (χ2n) is 4.95. The predicted octanol–water partition coefficient (Wildman–Crippen LogP) is 0.887. The van der Waals surface area contributed by atoms with Crippen molar-refractivity contribution in [2.75, 3.05) is 11.9 Å². The van der Waals surface area contributed by atoms with Gasteiger partial charge in [-0.1, -0.05) is 0 Å². The van der Waals surface area contributed by atoms with Crippen LogP contribution in [0.25, 0.3) is 0 Å². The van der Waals surface area contributed by atoms with Crippen LogP contribution in [0.15, 0.2) is 18.3 Å². The van der Waals surface area contributed by atoms with Gasteiger partial charge in [-0.15, -0.1) is 0 Å². The molecule has 2 rings (SSSR count). The summed E-state index contributed by atoms with van der Waals surface area (Å²) in [5.41, 5.74) is 11.7. The predicted molar refractivity (Wildman–Crippen MR) is 71.4 cm³/mol. The van der Waals surface area contributed by atoms with Gasteiger partial charge < -0.3 is 16.4 Å². The highest BCUT2D eigenvalue weighted by Crippen LogP contribution is 2.24. The van der Waals surface area contributed by atoms with Crippen LogP contribution in [0.5, 0.6) is 0 Å². The molecular weight excluding hydrogens is 228 g/mol. The molecule has 0 saturated heterocycles. The number of nitrogens with two attached hydrogens (primary N) is 2. The van der Waals surface area contributed by atoms with Gasteiger partial charge in [0.2, 0.25) is 5.91 Å². The standard InChI is InChI=1S/C13H20N4O/c1-17(11-4-2-10(14)3-5-11)12-8-9(13(15)18)6-7-16-12/h6-8,10-11H,2-5,14H2,1H3,(H2,15,18). The third-order valence-corrected chi connectivity index (χ3v) is 3.68. The number of carbonyl (C=O) groups is 1. The number of nitrogens with zero attached hydrogens (tertiary/aromatic N) is 2. The summed E-state index contributed by atoms with van der Waals surface area (Å²) in [5, 5.41) is 0. The number of carbonyl (C=O) groups excluding carboxylic acids is 1. The fourth-order valence-corrected chi connectivity index (χ4v) is 2.44. The lowest BCUT2D eigenvalue weighted by Gasteiger charge is -2.34. The number of rotatable bonds is 3. The van der Waals surface area contributed by atoms with E-state index in [1.54, 1.807) is 18.3 Å². The number of amides is 1. The topological polar surface area (TPSA) is 85.2 Å². The van der Waals surface area contributed by atoms with Gasteiger partial charge in [0.25, 0.3) is 0 Å². The Labute approximate surface area is 107 Å². The van der Waals surface area contributed by atoms with Crippen LogP contribution in [0.4, 0.5) is 5.82 Å². The van der Waals surface area contributed by atoms with Crippen molar-refractivity contribution < 1.29 is 4.79 Å². The first kappa shape index (κ1) is 12.8. The van der Waals surface area contributed by atoms with Crippen LogP contribution in [0, 0.1) is 0 Å². The summed E-state index contributed by atoms with van der Waals surface area (Å²) in [5.74, 6) is 0.379. The van der Waals surface area contributed by atoms with Crippen molar-refractivity contribution in [2.45, 2.75) is 37.8 Å². The summed E-state index contributed by atoms with van der Waals surface area (Å²) in [6, 6.07) is 4.16. The van der Waals surface area contributed by atoms with Crippen LogP contribution in [0.2, 0.25) is 0 Å². The third-order valence-electron chi connectivity index (χ3n) is 3.68. The van der Waals surface area contributed by atoms with E-state index in [0.29, 0.717) is 17.6 Å². The molecule has 1 aromatic heterocycles. The van der Waals surface area contributed by atoms with Crippen LogP contribution >= 0.6 is 0 Å². The summed E-state index contributed by atoms with van der Waals surface area (Å²) in [4.78, 5) is 17.6. The smallest absolute Gasteiger partial charge is 0.248 e. The Kier molecular flexibility index (Phi) is 3.81. The van der Waals surface area contributed by atoms with Gasteiger partial charge in [0.05, 0.1) is 0 Å². The molecule has 5 nitrogen and oxygen atoms in total. The van der Waals surface area contributed by atoms with Crippen LogP contribution < -0.4 is 16.4 Å². The van der Waals surface area contributed by atoms with Gasteiger partial charge in [0, 0.05) is 30.9 Å². The number of hydrogen-bond acceptors (Lipinski definition) is 4. The Bertz CT molecular complexity index is 427. The van der Waals surface area contributed by atoms with E-state index in [4.69, 9.17) is 11.5 Å². The van der Waals surface area contributed by atoms with E-state index in [1.807, 2.05) is 7.05 Å². The minimum atomic E-state index is -0.419. The molecule has 4 N–H and O–H groups in total. The molecule has 1 saturated carbocycles. The molecule has 1 aromatic rings. The highest BCUT2D eigenvalue weighted by molar-refractivity contribution is 5.93. The van der Waals surface area contributed by atoms with Crippen molar-refractivity contribution in [3.8, 4) is 0 Å². The van der Waals surface area contributed by atoms with Gasteiger partial charge >= 0.3 is 0 Å². The van der Waals surface area contributed by atoms with E-state index in [-0.39, 0.29) is 0 Å². The van der Waals surface area contributed by atoms with E-state index in [0.717, 1.165) is 31.5 Å². The molecule has 0 atom stereocenters. The highest BCUT2D eigenvalue weighted by atomic mass is 16.1. The van der Waals surface area contributed by atoms with E-state index >= 15 is 0 Å². The number of hydrogen-bond donors (Lipinski definition) is 2. The molecule has 0 spiro atoms. The van der Waals surface area contributed by atoms with Crippen molar-refractivity contribution >= 4 is 11.7 Å². The molecule has 1 fully saturated rings. The molecule has 1 amide bonds. The van der Waals surface area contributed by atoms with E-state index < -0.39 is 5.91 Å². The lowest BCUT2D eigenvalue weighted by atomic mass is 9.91. The first-order valence-electron chi connectivity index (χ1n) is 6.32. The third kappa shape index (κ3) is 2.79.